The van der Waals surface area contributed by atoms with Crippen LogP contribution >= 0.6 is 0 Å². The Kier molecular flexibility index (Phi) is 10.1. The van der Waals surface area contributed by atoms with Crippen molar-refractivity contribution in [3.8, 4) is 11.5 Å². The third kappa shape index (κ3) is 8.60. The standard InChI is InChI=1S/C30H38N2O5/c1-4-37-26-10-6-7-21(16-26)13-14-31-29(36)24-9-5-8-22(15-24)18-30(2,3)32-19-28(35)23-11-12-27(34)25(17-23)20-33/h5-12,15-17,28,32-35H,4,13-14,18-20H2,1-3H3,(H,31,36)/t28-/m0/s1. The van der Waals surface area contributed by atoms with Gasteiger partial charge in [0.25, 0.3) is 5.91 Å². The van der Waals surface area contributed by atoms with Crippen LogP contribution in [0.25, 0.3) is 0 Å². The third-order valence-corrected chi connectivity index (χ3v) is 6.18. The molecule has 0 aliphatic carbocycles. The zero-order chi connectivity index (χ0) is 26.8. The highest BCUT2D eigenvalue weighted by molar-refractivity contribution is 5.94. The number of benzene rings is 3. The summed E-state index contributed by atoms with van der Waals surface area (Å²) in [4.78, 5) is 12.8. The van der Waals surface area contributed by atoms with E-state index in [2.05, 4.69) is 10.6 Å². The summed E-state index contributed by atoms with van der Waals surface area (Å²) in [5, 5.41) is 36.1. The molecule has 198 valence electrons. The van der Waals surface area contributed by atoms with Crippen LogP contribution in [-0.4, -0.2) is 46.5 Å². The number of ether oxygens (including phenoxy) is 1. The zero-order valence-electron chi connectivity index (χ0n) is 21.8. The second kappa shape index (κ2) is 13.2. The number of aliphatic hydroxyl groups excluding tert-OH is 2. The van der Waals surface area contributed by atoms with Gasteiger partial charge < -0.3 is 30.7 Å². The van der Waals surface area contributed by atoms with E-state index in [1.54, 1.807) is 12.1 Å². The molecule has 3 aromatic carbocycles. The van der Waals surface area contributed by atoms with E-state index in [1.165, 1.54) is 6.07 Å². The van der Waals surface area contributed by atoms with Crippen LogP contribution in [0.1, 0.15) is 59.5 Å². The summed E-state index contributed by atoms with van der Waals surface area (Å²) in [5.74, 6) is 0.725. The number of rotatable bonds is 13. The van der Waals surface area contributed by atoms with Crippen molar-refractivity contribution >= 4 is 5.91 Å². The first-order chi connectivity index (χ1) is 17.7. The van der Waals surface area contributed by atoms with E-state index in [0.717, 1.165) is 16.9 Å². The molecule has 0 heterocycles. The SMILES string of the molecule is CCOc1cccc(CCNC(=O)c2cccc(CC(C)(C)NC[C@H](O)c3ccc(O)c(CO)c3)c2)c1. The highest BCUT2D eigenvalue weighted by atomic mass is 16.5. The molecule has 0 aliphatic heterocycles. The number of β-amino-alcohol motifs (C(OH)–C–C–N with tert-alkyl or cyclic N) is 1. The smallest absolute Gasteiger partial charge is 0.251 e. The first kappa shape index (κ1) is 28.2. The normalized spacial score (nSPS) is 12.2. The minimum Gasteiger partial charge on any atom is -0.508 e. The van der Waals surface area contributed by atoms with Gasteiger partial charge in [-0.05, 0) is 86.7 Å². The van der Waals surface area contributed by atoms with Crippen LogP contribution < -0.4 is 15.4 Å². The summed E-state index contributed by atoms with van der Waals surface area (Å²) in [7, 11) is 0. The number of carbonyl (C=O) groups is 1. The predicted octanol–water partition coefficient (Wildman–Crippen LogP) is 3.90. The Bertz CT molecular complexity index is 1180. The Labute approximate surface area is 219 Å². The van der Waals surface area contributed by atoms with Crippen molar-refractivity contribution in [3.63, 3.8) is 0 Å². The largest absolute Gasteiger partial charge is 0.508 e. The average molecular weight is 507 g/mol. The lowest BCUT2D eigenvalue weighted by Gasteiger charge is -2.28. The van der Waals surface area contributed by atoms with Crippen molar-refractivity contribution in [1.82, 2.24) is 10.6 Å². The van der Waals surface area contributed by atoms with Crippen molar-refractivity contribution in [2.24, 2.45) is 0 Å². The van der Waals surface area contributed by atoms with Gasteiger partial charge >= 0.3 is 0 Å². The molecule has 0 saturated carbocycles. The summed E-state index contributed by atoms with van der Waals surface area (Å²) in [6.45, 7) is 7.18. The Hall–Kier alpha value is -3.39. The molecular formula is C30H38N2O5. The molecular weight excluding hydrogens is 468 g/mol. The lowest BCUT2D eigenvalue weighted by atomic mass is 9.93. The van der Waals surface area contributed by atoms with Crippen LogP contribution in [0.4, 0.5) is 0 Å². The number of carbonyl (C=O) groups excluding carboxylic acids is 1. The molecule has 0 radical (unpaired) electrons. The molecule has 0 spiro atoms. The summed E-state index contributed by atoms with van der Waals surface area (Å²) >= 11 is 0. The zero-order valence-corrected chi connectivity index (χ0v) is 21.8. The molecule has 0 aromatic heterocycles. The second-order valence-electron chi connectivity index (χ2n) is 9.79. The summed E-state index contributed by atoms with van der Waals surface area (Å²) in [6.07, 6.45) is 0.575. The van der Waals surface area contributed by atoms with Crippen LogP contribution in [0.15, 0.2) is 66.7 Å². The van der Waals surface area contributed by atoms with Gasteiger partial charge in [0, 0.05) is 29.8 Å². The fourth-order valence-corrected chi connectivity index (χ4v) is 4.21. The third-order valence-electron chi connectivity index (χ3n) is 6.18. The first-order valence-electron chi connectivity index (χ1n) is 12.7. The van der Waals surface area contributed by atoms with Gasteiger partial charge in [-0.25, -0.2) is 0 Å². The van der Waals surface area contributed by atoms with E-state index in [1.807, 2.05) is 69.3 Å². The van der Waals surface area contributed by atoms with Crippen LogP contribution in [0.2, 0.25) is 0 Å². The van der Waals surface area contributed by atoms with Crippen molar-refractivity contribution < 1.29 is 24.9 Å². The van der Waals surface area contributed by atoms with Crippen LogP contribution in [-0.2, 0) is 19.4 Å². The second-order valence-corrected chi connectivity index (χ2v) is 9.79. The Morgan fingerprint density at radius 2 is 1.78 bits per heavy atom. The van der Waals surface area contributed by atoms with E-state index < -0.39 is 6.10 Å². The lowest BCUT2D eigenvalue weighted by Crippen LogP contribution is -2.43. The number of aromatic hydroxyl groups is 1. The number of hydrogen-bond donors (Lipinski definition) is 5. The van der Waals surface area contributed by atoms with Crippen molar-refractivity contribution in [2.45, 2.75) is 51.9 Å². The molecule has 0 aliphatic rings. The molecule has 37 heavy (non-hydrogen) atoms. The number of hydrogen-bond acceptors (Lipinski definition) is 6. The minimum absolute atomic E-state index is 0.00596. The maximum atomic E-state index is 12.8. The monoisotopic (exact) mass is 506 g/mol. The number of nitrogens with one attached hydrogen (secondary N) is 2. The molecule has 0 bridgehead atoms. The van der Waals surface area contributed by atoms with E-state index in [4.69, 9.17) is 4.74 Å². The number of amides is 1. The molecule has 3 aromatic rings. The Morgan fingerprint density at radius 1 is 1.03 bits per heavy atom. The number of aliphatic hydroxyl groups is 2. The maximum Gasteiger partial charge on any atom is 0.251 e. The fraction of sp³-hybridized carbons (Fsp3) is 0.367. The van der Waals surface area contributed by atoms with Gasteiger partial charge in [0.05, 0.1) is 19.3 Å². The highest BCUT2D eigenvalue weighted by Gasteiger charge is 2.21. The molecule has 0 fully saturated rings. The average Bonchev–Trinajstić information content (AvgIpc) is 2.88. The summed E-state index contributed by atoms with van der Waals surface area (Å²) in [6, 6.07) is 20.2. The summed E-state index contributed by atoms with van der Waals surface area (Å²) < 4.78 is 5.54. The molecule has 7 nitrogen and oxygen atoms in total. The van der Waals surface area contributed by atoms with Crippen LogP contribution in [0.5, 0.6) is 11.5 Å². The highest BCUT2D eigenvalue weighted by Crippen LogP contribution is 2.23. The molecule has 3 rings (SSSR count). The number of phenols is 1. The maximum absolute atomic E-state index is 12.8. The van der Waals surface area contributed by atoms with Gasteiger partial charge in [-0.15, -0.1) is 0 Å². The topological polar surface area (TPSA) is 111 Å². The van der Waals surface area contributed by atoms with Crippen LogP contribution in [0.3, 0.4) is 0 Å². The van der Waals surface area contributed by atoms with Gasteiger partial charge in [0.2, 0.25) is 0 Å². The van der Waals surface area contributed by atoms with E-state index >= 15 is 0 Å². The van der Waals surface area contributed by atoms with E-state index in [9.17, 15) is 20.1 Å². The molecule has 5 N–H and O–H groups in total. The molecule has 0 saturated heterocycles. The van der Waals surface area contributed by atoms with E-state index in [-0.39, 0.29) is 23.8 Å². The van der Waals surface area contributed by atoms with Crippen molar-refractivity contribution in [2.75, 3.05) is 19.7 Å². The van der Waals surface area contributed by atoms with Gasteiger partial charge in [0.15, 0.2) is 0 Å². The summed E-state index contributed by atoms with van der Waals surface area (Å²) in [5.41, 5.74) is 3.37. The van der Waals surface area contributed by atoms with Gasteiger partial charge in [0.1, 0.15) is 11.5 Å². The first-order valence-corrected chi connectivity index (χ1v) is 12.7. The quantitative estimate of drug-likeness (QED) is 0.241. The fourth-order valence-electron chi connectivity index (χ4n) is 4.21. The lowest BCUT2D eigenvalue weighted by molar-refractivity contribution is 0.0954. The van der Waals surface area contributed by atoms with Crippen molar-refractivity contribution in [1.29, 1.82) is 0 Å². The predicted molar refractivity (Wildman–Crippen MR) is 145 cm³/mol. The van der Waals surface area contributed by atoms with Gasteiger partial charge in [-0.3, -0.25) is 4.79 Å². The molecule has 1 atom stereocenters. The van der Waals surface area contributed by atoms with Crippen LogP contribution in [0, 0.1) is 0 Å². The van der Waals surface area contributed by atoms with Gasteiger partial charge in [-0.2, -0.15) is 0 Å². The molecule has 0 unspecified atom stereocenters. The van der Waals surface area contributed by atoms with E-state index in [0.29, 0.717) is 49.2 Å². The molecule has 1 amide bonds. The van der Waals surface area contributed by atoms with Gasteiger partial charge in [-0.1, -0.05) is 30.3 Å². The molecule has 7 heteroatoms. The Morgan fingerprint density at radius 3 is 2.54 bits per heavy atom. The Balaban J connectivity index is 1.52. The van der Waals surface area contributed by atoms with Crippen molar-refractivity contribution in [3.05, 3.63) is 94.5 Å². The minimum atomic E-state index is -0.795.